The van der Waals surface area contributed by atoms with Crippen molar-refractivity contribution in [3.8, 4) is 0 Å². The number of benzene rings is 2. The van der Waals surface area contributed by atoms with Crippen LogP contribution in [0, 0.1) is 0 Å². The number of hydrogen-bond donors (Lipinski definition) is 1. The van der Waals surface area contributed by atoms with Crippen molar-refractivity contribution in [2.45, 2.75) is 11.7 Å². The van der Waals surface area contributed by atoms with E-state index in [1.807, 2.05) is 24.3 Å². The van der Waals surface area contributed by atoms with Crippen molar-refractivity contribution < 1.29 is 4.79 Å². The Morgan fingerprint density at radius 1 is 1.00 bits per heavy atom. The lowest BCUT2D eigenvalue weighted by molar-refractivity contribution is -0.115. The molecule has 1 amide bonds. The first-order valence-electron chi connectivity index (χ1n) is 7.96. The summed E-state index contributed by atoms with van der Waals surface area (Å²) in [4.78, 5) is 14.3. The average molecular weight is 382 g/mol. The minimum atomic E-state index is -0.0666. The lowest BCUT2D eigenvalue weighted by Gasteiger charge is -2.27. The third kappa shape index (κ3) is 3.45. The van der Waals surface area contributed by atoms with Gasteiger partial charge < -0.3 is 5.32 Å². The van der Waals surface area contributed by atoms with Gasteiger partial charge in [0.1, 0.15) is 4.32 Å². The first-order valence-corrected chi connectivity index (χ1v) is 10.1. The van der Waals surface area contributed by atoms with E-state index >= 15 is 0 Å². The van der Waals surface area contributed by atoms with Gasteiger partial charge in [0.25, 0.3) is 5.91 Å². The van der Waals surface area contributed by atoms with E-state index in [1.165, 1.54) is 27.8 Å². The third-order valence-corrected chi connectivity index (χ3v) is 6.88. The topological polar surface area (TPSA) is 29.1 Å². The molecular formula is C20H15NOS3. The predicted octanol–water partition coefficient (Wildman–Crippen LogP) is 5.31. The first kappa shape index (κ1) is 16.6. The average Bonchev–Trinajstić information content (AvgIpc) is 3.01. The summed E-state index contributed by atoms with van der Waals surface area (Å²) in [5.74, 6) is -0.0666. The van der Waals surface area contributed by atoms with Crippen LogP contribution in [0.2, 0.25) is 0 Å². The van der Waals surface area contributed by atoms with Gasteiger partial charge in [-0.2, -0.15) is 0 Å². The molecule has 1 atom stereocenters. The van der Waals surface area contributed by atoms with Gasteiger partial charge in [-0.1, -0.05) is 90.7 Å². The minimum absolute atomic E-state index is 0.0666. The molecule has 1 saturated heterocycles. The van der Waals surface area contributed by atoms with Gasteiger partial charge in [-0.25, -0.2) is 0 Å². The maximum Gasteiger partial charge on any atom is 0.263 e. The molecule has 2 aromatic carbocycles. The van der Waals surface area contributed by atoms with Crippen LogP contribution < -0.4 is 5.32 Å². The van der Waals surface area contributed by atoms with E-state index in [2.05, 4.69) is 47.8 Å². The number of thioether (sulfide) groups is 2. The molecule has 2 aliphatic rings. The van der Waals surface area contributed by atoms with Crippen molar-refractivity contribution in [1.29, 1.82) is 0 Å². The molecule has 1 unspecified atom stereocenters. The number of nitrogens with one attached hydrogen (secondary N) is 1. The van der Waals surface area contributed by atoms with Crippen molar-refractivity contribution in [3.63, 3.8) is 0 Å². The minimum Gasteiger partial charge on any atom is -0.307 e. The molecule has 0 bridgehead atoms. The summed E-state index contributed by atoms with van der Waals surface area (Å²) < 4.78 is 0.544. The fourth-order valence-electron chi connectivity index (χ4n) is 2.98. The molecule has 2 nitrogen and oxygen atoms in total. The van der Waals surface area contributed by atoms with E-state index in [0.717, 1.165) is 16.9 Å². The number of hydrogen-bond acceptors (Lipinski definition) is 4. The highest BCUT2D eigenvalue weighted by Gasteiger charge is 2.32. The monoisotopic (exact) mass is 381 g/mol. The molecule has 2 aromatic rings. The lowest BCUT2D eigenvalue weighted by Crippen LogP contribution is -2.19. The van der Waals surface area contributed by atoms with Gasteiger partial charge in [-0.3, -0.25) is 4.79 Å². The predicted molar refractivity (Wildman–Crippen MR) is 111 cm³/mol. The fourth-order valence-corrected chi connectivity index (χ4v) is 5.56. The zero-order valence-electron chi connectivity index (χ0n) is 13.3. The molecule has 2 heterocycles. The molecule has 5 heteroatoms. The standard InChI is InChI=1S/C20H15NOS3/c22-19-18(25-20(23)21-19)15-11-12-16(13-7-3-1-4-8-13)24-17(15)14-9-5-2-6-10-14/h1-10,12,17H,11H2,(H,21,22,23). The van der Waals surface area contributed by atoms with Crippen molar-refractivity contribution >= 4 is 50.9 Å². The SMILES string of the molecule is O=C1NC(=S)SC1=C1CC=C(c2ccccc2)SC1c1ccccc1. The number of carbonyl (C=O) groups is 1. The van der Waals surface area contributed by atoms with E-state index in [9.17, 15) is 4.79 Å². The number of allylic oxidation sites excluding steroid dienone is 1. The fraction of sp³-hybridized carbons (Fsp3) is 0.100. The third-order valence-electron chi connectivity index (χ3n) is 4.14. The van der Waals surface area contributed by atoms with Crippen LogP contribution in [0.4, 0.5) is 0 Å². The van der Waals surface area contributed by atoms with Crippen LogP contribution in [-0.4, -0.2) is 10.2 Å². The van der Waals surface area contributed by atoms with Crippen LogP contribution in [0.3, 0.4) is 0 Å². The Balaban J connectivity index is 1.78. The van der Waals surface area contributed by atoms with E-state index in [1.54, 1.807) is 11.8 Å². The number of thiocarbonyl (C=S) groups is 1. The second-order valence-electron chi connectivity index (χ2n) is 5.75. The van der Waals surface area contributed by atoms with Gasteiger partial charge in [-0.05, 0) is 23.1 Å². The summed E-state index contributed by atoms with van der Waals surface area (Å²) >= 11 is 8.36. The highest BCUT2D eigenvalue weighted by atomic mass is 32.2. The molecule has 2 aliphatic heterocycles. The summed E-state index contributed by atoms with van der Waals surface area (Å²) in [5.41, 5.74) is 3.57. The number of carbonyl (C=O) groups excluding carboxylic acids is 1. The van der Waals surface area contributed by atoms with Crippen LogP contribution in [0.5, 0.6) is 0 Å². The number of rotatable bonds is 2. The molecule has 0 saturated carbocycles. The van der Waals surface area contributed by atoms with Crippen molar-refractivity contribution in [1.82, 2.24) is 5.32 Å². The van der Waals surface area contributed by atoms with Crippen LogP contribution in [0.15, 0.2) is 77.2 Å². The molecule has 0 radical (unpaired) electrons. The highest BCUT2D eigenvalue weighted by Crippen LogP contribution is 2.51. The van der Waals surface area contributed by atoms with Crippen molar-refractivity contribution in [3.05, 3.63) is 88.3 Å². The molecule has 1 N–H and O–H groups in total. The lowest BCUT2D eigenvalue weighted by atomic mass is 9.99. The Morgan fingerprint density at radius 2 is 1.68 bits per heavy atom. The summed E-state index contributed by atoms with van der Waals surface area (Å²) in [6, 6.07) is 20.8. The zero-order valence-corrected chi connectivity index (χ0v) is 15.7. The molecule has 25 heavy (non-hydrogen) atoms. The van der Waals surface area contributed by atoms with E-state index in [4.69, 9.17) is 12.2 Å². The molecule has 1 fully saturated rings. The summed E-state index contributed by atoms with van der Waals surface area (Å²) in [6.07, 6.45) is 2.98. The van der Waals surface area contributed by atoms with Crippen LogP contribution >= 0.6 is 35.7 Å². The van der Waals surface area contributed by atoms with Gasteiger partial charge >= 0.3 is 0 Å². The summed E-state index contributed by atoms with van der Waals surface area (Å²) in [6.45, 7) is 0. The highest BCUT2D eigenvalue weighted by molar-refractivity contribution is 8.26. The maximum atomic E-state index is 12.3. The van der Waals surface area contributed by atoms with Crippen LogP contribution in [-0.2, 0) is 4.79 Å². The van der Waals surface area contributed by atoms with E-state index in [-0.39, 0.29) is 11.2 Å². The van der Waals surface area contributed by atoms with Crippen LogP contribution in [0.1, 0.15) is 22.8 Å². The zero-order chi connectivity index (χ0) is 17.2. The Kier molecular flexibility index (Phi) is 4.79. The van der Waals surface area contributed by atoms with Crippen molar-refractivity contribution in [2.24, 2.45) is 0 Å². The quantitative estimate of drug-likeness (QED) is 0.564. The molecule has 124 valence electrons. The Labute approximate surface area is 160 Å². The maximum absolute atomic E-state index is 12.3. The molecule has 0 spiro atoms. The second kappa shape index (κ2) is 7.20. The molecule has 0 aliphatic carbocycles. The van der Waals surface area contributed by atoms with E-state index in [0.29, 0.717) is 4.32 Å². The largest absolute Gasteiger partial charge is 0.307 e. The normalized spacial score (nSPS) is 23.4. The first-order chi connectivity index (χ1) is 12.2. The molecule has 4 rings (SSSR count). The molecular weight excluding hydrogens is 366 g/mol. The Morgan fingerprint density at radius 3 is 2.32 bits per heavy atom. The summed E-state index contributed by atoms with van der Waals surface area (Å²) in [5, 5.41) is 2.87. The Bertz CT molecular complexity index is 888. The second-order valence-corrected chi connectivity index (χ2v) is 8.58. The Hall–Kier alpha value is -1.82. The smallest absolute Gasteiger partial charge is 0.263 e. The van der Waals surface area contributed by atoms with E-state index < -0.39 is 0 Å². The summed E-state index contributed by atoms with van der Waals surface area (Å²) in [7, 11) is 0. The van der Waals surface area contributed by atoms with Gasteiger partial charge in [0, 0.05) is 4.91 Å². The van der Waals surface area contributed by atoms with Crippen molar-refractivity contribution in [2.75, 3.05) is 0 Å². The van der Waals surface area contributed by atoms with Gasteiger partial charge in [0.2, 0.25) is 0 Å². The van der Waals surface area contributed by atoms with Crippen LogP contribution in [0.25, 0.3) is 4.91 Å². The molecule has 0 aromatic heterocycles. The van der Waals surface area contributed by atoms with Gasteiger partial charge in [-0.15, -0.1) is 11.8 Å². The van der Waals surface area contributed by atoms with Gasteiger partial charge in [0.15, 0.2) is 0 Å². The number of amides is 1. The van der Waals surface area contributed by atoms with Gasteiger partial charge in [0.05, 0.1) is 10.2 Å².